The van der Waals surface area contributed by atoms with Gasteiger partial charge in [-0.15, -0.1) is 0 Å². The highest BCUT2D eigenvalue weighted by Crippen LogP contribution is 2.31. The predicted octanol–water partition coefficient (Wildman–Crippen LogP) is 9.61. The minimum Gasteiger partial charge on any atom is -0.0654 e. The Hall–Kier alpha value is -2.34. The van der Waals surface area contributed by atoms with Gasteiger partial charge in [0.05, 0.1) is 0 Å². The van der Waals surface area contributed by atoms with Crippen molar-refractivity contribution in [3.63, 3.8) is 0 Å². The molecule has 0 saturated carbocycles. The van der Waals surface area contributed by atoms with E-state index in [4.69, 9.17) is 0 Å². The van der Waals surface area contributed by atoms with Crippen LogP contribution in [0.3, 0.4) is 0 Å². The number of fused-ring (bicyclic) bond motifs is 5. The largest absolute Gasteiger partial charge is 0.0654 e. The lowest BCUT2D eigenvalue weighted by Crippen LogP contribution is -1.88. The Kier molecular flexibility index (Phi) is 7.40. The summed E-state index contributed by atoms with van der Waals surface area (Å²) < 4.78 is 0. The molecule has 0 unspecified atom stereocenters. The van der Waals surface area contributed by atoms with Crippen LogP contribution in [0.5, 0.6) is 0 Å². The summed E-state index contributed by atoms with van der Waals surface area (Å²) in [4.78, 5) is 0. The van der Waals surface area contributed by atoms with Gasteiger partial charge in [0, 0.05) is 0 Å². The molecule has 4 aromatic rings. The third kappa shape index (κ3) is 5.04. The van der Waals surface area contributed by atoms with Gasteiger partial charge < -0.3 is 0 Å². The minimum atomic E-state index is 1.21. The van der Waals surface area contributed by atoms with Gasteiger partial charge in [-0.05, 0) is 50.7 Å². The number of hydrogen-bond acceptors (Lipinski definition) is 0. The van der Waals surface area contributed by atoms with Gasteiger partial charge in [0.25, 0.3) is 0 Å². The second kappa shape index (κ2) is 10.6. The molecule has 0 fully saturated rings. The van der Waals surface area contributed by atoms with Crippen LogP contribution in [0.2, 0.25) is 0 Å². The van der Waals surface area contributed by atoms with Gasteiger partial charge in [-0.1, -0.05) is 131 Å². The average Bonchev–Trinajstić information content (AvgIpc) is 2.79. The maximum atomic E-state index is 2.41. The molecule has 0 radical (unpaired) electrons. The predicted molar refractivity (Wildman–Crippen MR) is 135 cm³/mol. The highest BCUT2D eigenvalue weighted by atomic mass is 14.1. The zero-order chi connectivity index (χ0) is 20.6. The van der Waals surface area contributed by atoms with Crippen LogP contribution in [-0.2, 0) is 6.42 Å². The molecule has 0 heterocycles. The van der Waals surface area contributed by atoms with Crippen LogP contribution in [-0.4, -0.2) is 0 Å². The summed E-state index contributed by atoms with van der Waals surface area (Å²) in [6, 6.07) is 25.0. The number of unbranched alkanes of at least 4 members (excludes halogenated alkanes) is 9. The molecule has 0 nitrogen and oxygen atoms in total. The molecule has 4 aromatic carbocycles. The number of aryl methyl sites for hydroxylation is 1. The zero-order valence-electron chi connectivity index (χ0n) is 18.6. The van der Waals surface area contributed by atoms with Gasteiger partial charge in [-0.3, -0.25) is 0 Å². The quantitative estimate of drug-likeness (QED) is 0.175. The monoisotopic (exact) mass is 396 g/mol. The smallest absolute Gasteiger partial charge is 0.00990 e. The fourth-order valence-electron chi connectivity index (χ4n) is 4.85. The first-order valence-corrected chi connectivity index (χ1v) is 12.2. The van der Waals surface area contributed by atoms with Crippen LogP contribution < -0.4 is 0 Å². The number of hydrogen-bond donors (Lipinski definition) is 0. The minimum absolute atomic E-state index is 1.21. The molecule has 0 aliphatic rings. The van der Waals surface area contributed by atoms with E-state index >= 15 is 0 Å². The first-order valence-electron chi connectivity index (χ1n) is 12.2. The number of rotatable bonds is 11. The van der Waals surface area contributed by atoms with Crippen LogP contribution >= 0.6 is 0 Å². The van der Waals surface area contributed by atoms with Gasteiger partial charge in [-0.25, -0.2) is 0 Å². The van der Waals surface area contributed by atoms with E-state index < -0.39 is 0 Å². The van der Waals surface area contributed by atoms with E-state index in [1.807, 2.05) is 0 Å². The molecule has 0 saturated heterocycles. The van der Waals surface area contributed by atoms with Gasteiger partial charge in [0.2, 0.25) is 0 Å². The van der Waals surface area contributed by atoms with E-state index in [-0.39, 0.29) is 0 Å². The second-order valence-electron chi connectivity index (χ2n) is 8.93. The van der Waals surface area contributed by atoms with Gasteiger partial charge in [-0.2, -0.15) is 0 Å². The number of benzene rings is 4. The molecule has 0 aliphatic heterocycles. The summed E-state index contributed by atoms with van der Waals surface area (Å²) in [7, 11) is 0. The fraction of sp³-hybridized carbons (Fsp3) is 0.400. The highest BCUT2D eigenvalue weighted by Gasteiger charge is 2.05. The molecular weight excluding hydrogens is 360 g/mol. The lowest BCUT2D eigenvalue weighted by Gasteiger charge is -2.09. The summed E-state index contributed by atoms with van der Waals surface area (Å²) in [5.41, 5.74) is 1.49. The van der Waals surface area contributed by atoms with Gasteiger partial charge >= 0.3 is 0 Å². The fourth-order valence-corrected chi connectivity index (χ4v) is 4.85. The van der Waals surface area contributed by atoms with Crippen LogP contribution in [0.15, 0.2) is 66.7 Å². The van der Waals surface area contributed by atoms with E-state index in [0.717, 1.165) is 0 Å². The average molecular weight is 397 g/mol. The van der Waals surface area contributed by atoms with Crippen molar-refractivity contribution in [2.24, 2.45) is 0 Å². The molecule has 0 aliphatic carbocycles. The molecule has 0 atom stereocenters. The maximum Gasteiger partial charge on any atom is -0.00990 e. The van der Waals surface area contributed by atoms with Crippen LogP contribution in [0.25, 0.3) is 32.3 Å². The Morgan fingerprint density at radius 2 is 1.03 bits per heavy atom. The third-order valence-corrected chi connectivity index (χ3v) is 6.63. The maximum absolute atomic E-state index is 2.41. The van der Waals surface area contributed by atoms with E-state index in [1.54, 1.807) is 0 Å². The molecule has 0 spiro atoms. The van der Waals surface area contributed by atoms with E-state index in [1.165, 1.54) is 109 Å². The van der Waals surface area contributed by atoms with Crippen molar-refractivity contribution in [3.8, 4) is 0 Å². The molecule has 0 aromatic heterocycles. The van der Waals surface area contributed by atoms with E-state index in [2.05, 4.69) is 73.7 Å². The van der Waals surface area contributed by atoms with Crippen molar-refractivity contribution < 1.29 is 0 Å². The van der Waals surface area contributed by atoms with Crippen molar-refractivity contribution >= 4 is 32.3 Å². The molecule has 0 N–H and O–H groups in total. The lowest BCUT2D eigenvalue weighted by molar-refractivity contribution is 0.556. The van der Waals surface area contributed by atoms with Crippen molar-refractivity contribution in [2.45, 2.75) is 77.6 Å². The van der Waals surface area contributed by atoms with Gasteiger partial charge in [0.15, 0.2) is 0 Å². The highest BCUT2D eigenvalue weighted by molar-refractivity contribution is 6.17. The summed E-state index contributed by atoms with van der Waals surface area (Å²) in [6.07, 6.45) is 15.2. The Labute approximate surface area is 182 Å². The van der Waals surface area contributed by atoms with Gasteiger partial charge in [0.1, 0.15) is 0 Å². The topological polar surface area (TPSA) is 0 Å². The SMILES string of the molecule is CCCCCCCCCCCCc1ccc2c(ccc3c4ccccc4ccc23)c1. The molecule has 0 heteroatoms. The van der Waals surface area contributed by atoms with Crippen molar-refractivity contribution in [1.29, 1.82) is 0 Å². The Balaban J connectivity index is 1.33. The Bertz CT molecular complexity index is 1090. The third-order valence-electron chi connectivity index (χ3n) is 6.63. The molecule has 156 valence electrons. The Morgan fingerprint density at radius 1 is 0.467 bits per heavy atom. The second-order valence-corrected chi connectivity index (χ2v) is 8.93. The first-order chi connectivity index (χ1) is 14.9. The normalized spacial score (nSPS) is 11.6. The summed E-state index contributed by atoms with van der Waals surface area (Å²) in [6.45, 7) is 2.29. The van der Waals surface area contributed by atoms with E-state index in [9.17, 15) is 0 Å². The van der Waals surface area contributed by atoms with Crippen molar-refractivity contribution in [2.75, 3.05) is 0 Å². The Morgan fingerprint density at radius 3 is 1.77 bits per heavy atom. The van der Waals surface area contributed by atoms with Crippen LogP contribution in [0, 0.1) is 0 Å². The zero-order valence-corrected chi connectivity index (χ0v) is 18.6. The molecule has 4 rings (SSSR count). The van der Waals surface area contributed by atoms with Crippen molar-refractivity contribution in [3.05, 3.63) is 72.3 Å². The first kappa shape index (κ1) is 20.9. The lowest BCUT2D eigenvalue weighted by atomic mass is 9.95. The standard InChI is InChI=1S/C30H36/c1-2-3-4-5-6-7-8-9-10-11-14-24-17-20-28-26(23-24)19-22-29-27-16-13-12-15-25(27)18-21-30(28)29/h12-13,15-23H,2-11,14H2,1H3. The summed E-state index contributed by atoms with van der Waals surface area (Å²) >= 11 is 0. The molecule has 0 bridgehead atoms. The van der Waals surface area contributed by atoms with Crippen LogP contribution in [0.4, 0.5) is 0 Å². The van der Waals surface area contributed by atoms with Crippen LogP contribution in [0.1, 0.15) is 76.7 Å². The molecular formula is C30H36. The van der Waals surface area contributed by atoms with Crippen molar-refractivity contribution in [1.82, 2.24) is 0 Å². The van der Waals surface area contributed by atoms with E-state index in [0.29, 0.717) is 0 Å². The molecule has 0 amide bonds. The summed E-state index contributed by atoms with van der Waals surface area (Å²) in [5, 5.41) is 8.17. The molecule has 30 heavy (non-hydrogen) atoms. The summed E-state index contributed by atoms with van der Waals surface area (Å²) in [5.74, 6) is 0.